The molecule has 2 rings (SSSR count). The van der Waals surface area contributed by atoms with Crippen molar-refractivity contribution in [1.82, 2.24) is 10.6 Å². The van der Waals surface area contributed by atoms with Crippen LogP contribution in [0.2, 0.25) is 0 Å². The number of nitrogens with one attached hydrogen (secondary N) is 3. The van der Waals surface area contributed by atoms with E-state index in [2.05, 4.69) is 20.9 Å². The topological polar surface area (TPSA) is 74.8 Å². The summed E-state index contributed by atoms with van der Waals surface area (Å²) >= 11 is 0. The molecule has 30 heavy (non-hydrogen) atoms. The number of nitrogens with zero attached hydrogens (tertiary/aromatic N) is 1. The Labute approximate surface area is 180 Å². The summed E-state index contributed by atoms with van der Waals surface area (Å²) < 4.78 is 6.05. The molecule has 0 unspecified atom stereocenters. The Kier molecular flexibility index (Phi) is 8.27. The number of amides is 1. The number of hydrogen-bond donors (Lipinski definition) is 3. The van der Waals surface area contributed by atoms with E-state index in [0.717, 1.165) is 22.6 Å². The lowest BCUT2D eigenvalue weighted by Gasteiger charge is -2.23. The standard InChI is InChI=1S/C24H34N4O2/c1-17(2)22(29)28-20-13-11-18(12-14-20)15-26-23(25-6)27-16-19-9-7-8-10-21(19)30-24(3,4)5/h7-14,17H,15-16H2,1-6H3,(H,28,29)(H2,25,26,27). The van der Waals surface area contributed by atoms with Crippen LogP contribution in [0, 0.1) is 5.92 Å². The zero-order valence-electron chi connectivity index (χ0n) is 18.9. The zero-order chi connectivity index (χ0) is 22.1. The maximum Gasteiger partial charge on any atom is 0.226 e. The van der Waals surface area contributed by atoms with Crippen LogP contribution in [0.4, 0.5) is 5.69 Å². The number of hydrogen-bond acceptors (Lipinski definition) is 3. The van der Waals surface area contributed by atoms with Crippen molar-refractivity contribution in [3.63, 3.8) is 0 Å². The smallest absolute Gasteiger partial charge is 0.226 e. The highest BCUT2D eigenvalue weighted by Crippen LogP contribution is 2.22. The van der Waals surface area contributed by atoms with E-state index in [4.69, 9.17) is 4.74 Å². The van der Waals surface area contributed by atoms with Crippen molar-refractivity contribution in [2.45, 2.75) is 53.3 Å². The van der Waals surface area contributed by atoms with E-state index in [9.17, 15) is 4.79 Å². The highest BCUT2D eigenvalue weighted by atomic mass is 16.5. The Bertz CT molecular complexity index is 852. The van der Waals surface area contributed by atoms with Gasteiger partial charge in [0.2, 0.25) is 5.91 Å². The largest absolute Gasteiger partial charge is 0.488 e. The minimum atomic E-state index is -0.253. The molecule has 0 radical (unpaired) electrons. The van der Waals surface area contributed by atoms with Gasteiger partial charge >= 0.3 is 0 Å². The summed E-state index contributed by atoms with van der Waals surface area (Å²) in [6, 6.07) is 15.8. The van der Waals surface area contributed by atoms with Crippen molar-refractivity contribution < 1.29 is 9.53 Å². The molecule has 0 bridgehead atoms. The summed E-state index contributed by atoms with van der Waals surface area (Å²) in [7, 11) is 1.75. The third kappa shape index (κ3) is 7.78. The molecule has 0 aromatic heterocycles. The second kappa shape index (κ2) is 10.7. The third-order valence-corrected chi connectivity index (χ3v) is 4.26. The summed E-state index contributed by atoms with van der Waals surface area (Å²) in [5, 5.41) is 9.54. The number of guanidine groups is 1. The number of para-hydroxylation sites is 1. The fourth-order valence-electron chi connectivity index (χ4n) is 2.66. The van der Waals surface area contributed by atoms with Gasteiger partial charge in [0.05, 0.1) is 0 Å². The van der Waals surface area contributed by atoms with Crippen LogP contribution in [-0.2, 0) is 17.9 Å². The average molecular weight is 411 g/mol. The Morgan fingerprint density at radius 3 is 2.23 bits per heavy atom. The molecule has 2 aromatic carbocycles. The molecule has 0 aliphatic carbocycles. The number of anilines is 1. The van der Waals surface area contributed by atoms with E-state index < -0.39 is 0 Å². The van der Waals surface area contributed by atoms with Crippen LogP contribution in [0.25, 0.3) is 0 Å². The predicted molar refractivity (Wildman–Crippen MR) is 124 cm³/mol. The SMILES string of the molecule is CN=C(NCc1ccc(NC(=O)C(C)C)cc1)NCc1ccccc1OC(C)(C)C. The van der Waals surface area contributed by atoms with Crippen LogP contribution in [0.15, 0.2) is 53.5 Å². The van der Waals surface area contributed by atoms with Gasteiger partial charge in [-0.25, -0.2) is 0 Å². The molecule has 0 heterocycles. The van der Waals surface area contributed by atoms with Gasteiger partial charge in [0.15, 0.2) is 5.96 Å². The minimum Gasteiger partial charge on any atom is -0.488 e. The number of ether oxygens (including phenoxy) is 1. The van der Waals surface area contributed by atoms with Crippen molar-refractivity contribution >= 4 is 17.6 Å². The highest BCUT2D eigenvalue weighted by Gasteiger charge is 2.14. The molecule has 6 heteroatoms. The van der Waals surface area contributed by atoms with Gasteiger partial charge in [-0.15, -0.1) is 0 Å². The van der Waals surface area contributed by atoms with Crippen molar-refractivity contribution in [1.29, 1.82) is 0 Å². The van der Waals surface area contributed by atoms with Crippen molar-refractivity contribution in [3.8, 4) is 5.75 Å². The van der Waals surface area contributed by atoms with Crippen LogP contribution in [0.5, 0.6) is 5.75 Å². The molecule has 1 amide bonds. The first-order valence-corrected chi connectivity index (χ1v) is 10.3. The lowest BCUT2D eigenvalue weighted by molar-refractivity contribution is -0.118. The summed E-state index contributed by atoms with van der Waals surface area (Å²) in [5.41, 5.74) is 2.71. The van der Waals surface area contributed by atoms with Crippen molar-refractivity contribution in [2.24, 2.45) is 10.9 Å². The lowest BCUT2D eigenvalue weighted by atomic mass is 10.1. The predicted octanol–water partition coefficient (Wildman–Crippen LogP) is 4.32. The van der Waals surface area contributed by atoms with Crippen LogP contribution < -0.4 is 20.7 Å². The average Bonchev–Trinajstić information content (AvgIpc) is 2.69. The number of carbonyl (C=O) groups is 1. The normalized spacial score (nSPS) is 11.9. The molecular weight excluding hydrogens is 376 g/mol. The van der Waals surface area contributed by atoms with Crippen LogP contribution >= 0.6 is 0 Å². The number of carbonyl (C=O) groups excluding carboxylic acids is 1. The maximum atomic E-state index is 11.8. The zero-order valence-corrected chi connectivity index (χ0v) is 18.9. The third-order valence-electron chi connectivity index (χ3n) is 4.26. The second-order valence-corrected chi connectivity index (χ2v) is 8.44. The molecule has 0 saturated carbocycles. The second-order valence-electron chi connectivity index (χ2n) is 8.44. The van der Waals surface area contributed by atoms with Gasteiger partial charge in [0.25, 0.3) is 0 Å². The van der Waals surface area contributed by atoms with Crippen LogP contribution in [-0.4, -0.2) is 24.5 Å². The van der Waals surface area contributed by atoms with Gasteiger partial charge < -0.3 is 20.7 Å². The van der Waals surface area contributed by atoms with Gasteiger partial charge in [-0.1, -0.05) is 44.2 Å². The molecule has 6 nitrogen and oxygen atoms in total. The molecular formula is C24H34N4O2. The molecule has 0 aliphatic rings. The molecule has 3 N–H and O–H groups in total. The number of aliphatic imine (C=N–C) groups is 1. The van der Waals surface area contributed by atoms with E-state index in [1.54, 1.807) is 7.05 Å². The number of benzene rings is 2. The molecule has 0 atom stereocenters. The van der Waals surface area contributed by atoms with Gasteiger partial charge in [0.1, 0.15) is 11.4 Å². The van der Waals surface area contributed by atoms with Gasteiger partial charge in [-0.05, 0) is 44.5 Å². The molecule has 0 saturated heterocycles. The highest BCUT2D eigenvalue weighted by molar-refractivity contribution is 5.92. The van der Waals surface area contributed by atoms with E-state index >= 15 is 0 Å². The Hall–Kier alpha value is -3.02. The fraction of sp³-hybridized carbons (Fsp3) is 0.417. The minimum absolute atomic E-state index is 0.0150. The Balaban J connectivity index is 1.90. The van der Waals surface area contributed by atoms with Crippen LogP contribution in [0.3, 0.4) is 0 Å². The Morgan fingerprint density at radius 1 is 1.00 bits per heavy atom. The monoisotopic (exact) mass is 410 g/mol. The van der Waals surface area contributed by atoms with E-state index in [1.807, 2.05) is 83.1 Å². The maximum absolute atomic E-state index is 11.8. The molecule has 0 fully saturated rings. The van der Waals surface area contributed by atoms with E-state index in [0.29, 0.717) is 19.0 Å². The summed E-state index contributed by atoms with van der Waals surface area (Å²) in [4.78, 5) is 16.1. The fourth-order valence-corrected chi connectivity index (χ4v) is 2.66. The molecule has 0 aliphatic heterocycles. The van der Waals surface area contributed by atoms with E-state index in [-0.39, 0.29) is 17.4 Å². The Morgan fingerprint density at radius 2 is 1.63 bits per heavy atom. The first-order valence-electron chi connectivity index (χ1n) is 10.3. The quantitative estimate of drug-likeness (QED) is 0.469. The number of rotatable bonds is 7. The molecule has 0 spiro atoms. The molecule has 162 valence electrons. The van der Waals surface area contributed by atoms with Gasteiger partial charge in [-0.3, -0.25) is 9.79 Å². The summed E-state index contributed by atoms with van der Waals surface area (Å²) in [6.07, 6.45) is 0. The van der Waals surface area contributed by atoms with Gasteiger partial charge in [-0.2, -0.15) is 0 Å². The van der Waals surface area contributed by atoms with E-state index in [1.165, 1.54) is 0 Å². The van der Waals surface area contributed by atoms with Crippen molar-refractivity contribution in [2.75, 3.05) is 12.4 Å². The summed E-state index contributed by atoms with van der Waals surface area (Å²) in [5.74, 6) is 1.55. The first kappa shape index (κ1) is 23.3. The van der Waals surface area contributed by atoms with Crippen LogP contribution in [0.1, 0.15) is 45.7 Å². The van der Waals surface area contributed by atoms with Gasteiger partial charge in [0, 0.05) is 37.3 Å². The van der Waals surface area contributed by atoms with Crippen molar-refractivity contribution in [3.05, 3.63) is 59.7 Å². The summed E-state index contributed by atoms with van der Waals surface area (Å²) in [6.45, 7) is 11.1. The molecule has 2 aromatic rings. The lowest BCUT2D eigenvalue weighted by Crippen LogP contribution is -2.36. The first-order chi connectivity index (χ1) is 14.2.